The number of aromatic hydroxyl groups is 1. The van der Waals surface area contributed by atoms with Crippen LogP contribution < -0.4 is 27.4 Å². The van der Waals surface area contributed by atoms with Crippen LogP contribution in [0.15, 0.2) is 36.8 Å². The highest BCUT2D eigenvalue weighted by atomic mass is 16.4. The topological polar surface area (TPSA) is 226 Å². The number of aromatic amines is 1. The molecule has 0 aliphatic heterocycles. The van der Waals surface area contributed by atoms with Gasteiger partial charge in [0, 0.05) is 24.7 Å². The third kappa shape index (κ3) is 9.89. The summed E-state index contributed by atoms with van der Waals surface area (Å²) in [4.78, 5) is 57.2. The predicted molar refractivity (Wildman–Crippen MR) is 134 cm³/mol. The Bertz CT molecular complexity index is 1030. The third-order valence-electron chi connectivity index (χ3n) is 5.60. The number of H-pyrrole nitrogens is 1. The molecule has 0 bridgehead atoms. The highest BCUT2D eigenvalue weighted by Gasteiger charge is 2.30. The molecule has 3 amide bonds. The van der Waals surface area contributed by atoms with Gasteiger partial charge in [0.05, 0.1) is 12.4 Å². The minimum atomic E-state index is -1.21. The molecule has 0 spiro atoms. The molecule has 0 aliphatic rings. The molecule has 1 aromatic heterocycles. The quantitative estimate of drug-likeness (QED) is 0.134. The Morgan fingerprint density at radius 3 is 2.08 bits per heavy atom. The second-order valence-corrected chi connectivity index (χ2v) is 8.75. The standard InChI is InChI=1S/C24H35N7O6/c1-14(26)21(33)30-20(11-16-12-27-13-28-16)23(35)31-19(10-15-5-7-17(32)8-6-15)22(34)29-18(24(36)37)4-2-3-9-25/h5-8,12-14,18-20,32H,2-4,9-11,25-26H2,1H3,(H,27,28)(H,29,34)(H,30,33)(H,31,35)(H,36,37). The van der Waals surface area contributed by atoms with E-state index in [2.05, 4.69) is 25.9 Å². The largest absolute Gasteiger partial charge is 0.508 e. The monoisotopic (exact) mass is 517 g/mol. The third-order valence-corrected chi connectivity index (χ3v) is 5.60. The van der Waals surface area contributed by atoms with E-state index in [1.807, 2.05) is 0 Å². The van der Waals surface area contributed by atoms with Gasteiger partial charge in [0.15, 0.2) is 0 Å². The van der Waals surface area contributed by atoms with Crippen LogP contribution in [0.5, 0.6) is 5.75 Å². The Hall–Kier alpha value is -3.97. The van der Waals surface area contributed by atoms with Crippen molar-refractivity contribution in [2.75, 3.05) is 6.54 Å². The van der Waals surface area contributed by atoms with Gasteiger partial charge in [0.1, 0.15) is 23.9 Å². The number of carboxylic acid groups (broad SMARTS) is 1. The van der Waals surface area contributed by atoms with Crippen molar-refractivity contribution in [3.8, 4) is 5.75 Å². The van der Waals surface area contributed by atoms with Crippen molar-refractivity contribution in [1.82, 2.24) is 25.9 Å². The number of unbranched alkanes of at least 4 members (excludes halogenated alkanes) is 1. The van der Waals surface area contributed by atoms with Crippen LogP contribution in [0.25, 0.3) is 0 Å². The number of nitrogens with two attached hydrogens (primary N) is 2. The number of aliphatic carboxylic acids is 1. The molecule has 4 unspecified atom stereocenters. The molecule has 202 valence electrons. The van der Waals surface area contributed by atoms with Crippen LogP contribution in [0.2, 0.25) is 0 Å². The number of imidazole rings is 1. The van der Waals surface area contributed by atoms with Gasteiger partial charge in [-0.25, -0.2) is 9.78 Å². The van der Waals surface area contributed by atoms with Crippen molar-refractivity contribution in [2.45, 2.75) is 63.2 Å². The number of hydrogen-bond acceptors (Lipinski definition) is 8. The number of phenolic OH excluding ortho intramolecular Hbond substituents is 1. The molecular weight excluding hydrogens is 482 g/mol. The van der Waals surface area contributed by atoms with Gasteiger partial charge in [0.2, 0.25) is 17.7 Å². The molecule has 13 heteroatoms. The highest BCUT2D eigenvalue weighted by Crippen LogP contribution is 2.12. The van der Waals surface area contributed by atoms with Crippen LogP contribution in [0.3, 0.4) is 0 Å². The molecule has 0 aliphatic carbocycles. The summed E-state index contributed by atoms with van der Waals surface area (Å²) in [6.45, 7) is 1.86. The van der Waals surface area contributed by atoms with Crippen molar-refractivity contribution in [1.29, 1.82) is 0 Å². The summed E-state index contributed by atoms with van der Waals surface area (Å²) in [5.41, 5.74) is 12.3. The SMILES string of the molecule is CC(N)C(=O)NC(Cc1cnc[nH]1)C(=O)NC(Cc1ccc(O)cc1)C(=O)NC(CCCCN)C(=O)O. The molecule has 1 heterocycles. The smallest absolute Gasteiger partial charge is 0.326 e. The summed E-state index contributed by atoms with van der Waals surface area (Å²) < 4.78 is 0. The van der Waals surface area contributed by atoms with E-state index in [0.29, 0.717) is 30.6 Å². The molecule has 13 nitrogen and oxygen atoms in total. The van der Waals surface area contributed by atoms with Gasteiger partial charge >= 0.3 is 5.97 Å². The zero-order valence-corrected chi connectivity index (χ0v) is 20.6. The highest BCUT2D eigenvalue weighted by molar-refractivity contribution is 5.94. The van der Waals surface area contributed by atoms with E-state index in [9.17, 15) is 29.4 Å². The normalized spacial score (nSPS) is 14.1. The average molecular weight is 518 g/mol. The molecule has 2 aromatic rings. The Morgan fingerprint density at radius 1 is 0.946 bits per heavy atom. The van der Waals surface area contributed by atoms with Gasteiger partial charge in [0.25, 0.3) is 0 Å². The fraction of sp³-hybridized carbons (Fsp3) is 0.458. The Morgan fingerprint density at radius 2 is 1.54 bits per heavy atom. The second-order valence-electron chi connectivity index (χ2n) is 8.75. The number of amides is 3. The van der Waals surface area contributed by atoms with Crippen LogP contribution in [-0.2, 0) is 32.0 Å². The first-order valence-electron chi connectivity index (χ1n) is 12.0. The minimum Gasteiger partial charge on any atom is -0.508 e. The Kier molecular flexibility index (Phi) is 11.5. The fourth-order valence-corrected chi connectivity index (χ4v) is 3.50. The molecule has 37 heavy (non-hydrogen) atoms. The number of carbonyl (C=O) groups is 4. The summed E-state index contributed by atoms with van der Waals surface area (Å²) >= 11 is 0. The van der Waals surface area contributed by atoms with Crippen LogP contribution >= 0.6 is 0 Å². The number of phenols is 1. The molecule has 0 saturated heterocycles. The van der Waals surface area contributed by atoms with Crippen molar-refractivity contribution in [3.05, 3.63) is 48.0 Å². The summed E-state index contributed by atoms with van der Waals surface area (Å²) in [5.74, 6) is -3.12. The van der Waals surface area contributed by atoms with E-state index < -0.39 is 47.9 Å². The number of benzene rings is 1. The molecule has 2 rings (SSSR count). The number of carbonyl (C=O) groups excluding carboxylic acids is 3. The number of aromatic nitrogens is 2. The number of hydrogen-bond donors (Lipinski definition) is 8. The van der Waals surface area contributed by atoms with E-state index in [1.54, 1.807) is 12.1 Å². The zero-order valence-electron chi connectivity index (χ0n) is 20.6. The van der Waals surface area contributed by atoms with E-state index in [-0.39, 0.29) is 25.0 Å². The maximum Gasteiger partial charge on any atom is 0.326 e. The van der Waals surface area contributed by atoms with Crippen molar-refractivity contribution >= 4 is 23.7 Å². The molecule has 0 saturated carbocycles. The fourth-order valence-electron chi connectivity index (χ4n) is 3.50. The molecule has 1 aromatic carbocycles. The lowest BCUT2D eigenvalue weighted by Gasteiger charge is -2.25. The second kappa shape index (κ2) is 14.6. The lowest BCUT2D eigenvalue weighted by molar-refractivity contribution is -0.142. The number of carboxylic acids is 1. The van der Waals surface area contributed by atoms with Crippen LogP contribution in [-0.4, -0.2) is 74.6 Å². The average Bonchev–Trinajstić information content (AvgIpc) is 3.36. The lowest BCUT2D eigenvalue weighted by atomic mass is 10.0. The van der Waals surface area contributed by atoms with E-state index in [0.717, 1.165) is 0 Å². The van der Waals surface area contributed by atoms with Gasteiger partial charge in [-0.15, -0.1) is 0 Å². The van der Waals surface area contributed by atoms with Crippen LogP contribution in [0.4, 0.5) is 0 Å². The maximum atomic E-state index is 13.3. The van der Waals surface area contributed by atoms with E-state index in [1.165, 1.54) is 31.6 Å². The van der Waals surface area contributed by atoms with Crippen molar-refractivity contribution in [2.24, 2.45) is 11.5 Å². The van der Waals surface area contributed by atoms with Gasteiger partial charge in [-0.05, 0) is 50.4 Å². The summed E-state index contributed by atoms with van der Waals surface area (Å²) in [6, 6.07) is 1.72. The summed E-state index contributed by atoms with van der Waals surface area (Å²) in [6.07, 6.45) is 4.25. The van der Waals surface area contributed by atoms with Gasteiger partial charge in [-0.2, -0.15) is 0 Å². The predicted octanol–water partition coefficient (Wildman–Crippen LogP) is -1.08. The Balaban J connectivity index is 2.25. The number of nitrogens with zero attached hydrogens (tertiary/aromatic N) is 1. The van der Waals surface area contributed by atoms with Crippen molar-refractivity contribution < 1.29 is 29.4 Å². The van der Waals surface area contributed by atoms with Crippen molar-refractivity contribution in [3.63, 3.8) is 0 Å². The number of rotatable bonds is 15. The van der Waals surface area contributed by atoms with Gasteiger partial charge in [-0.3, -0.25) is 14.4 Å². The first kappa shape index (κ1) is 29.3. The van der Waals surface area contributed by atoms with E-state index in [4.69, 9.17) is 11.5 Å². The molecular formula is C24H35N7O6. The van der Waals surface area contributed by atoms with E-state index >= 15 is 0 Å². The van der Waals surface area contributed by atoms with Gasteiger partial charge < -0.3 is 42.6 Å². The molecule has 0 fully saturated rings. The lowest BCUT2D eigenvalue weighted by Crippen LogP contribution is -2.58. The molecule has 4 atom stereocenters. The first-order chi connectivity index (χ1) is 17.6. The zero-order chi connectivity index (χ0) is 27.4. The van der Waals surface area contributed by atoms with Crippen LogP contribution in [0, 0.1) is 0 Å². The van der Waals surface area contributed by atoms with Gasteiger partial charge in [-0.1, -0.05) is 12.1 Å². The minimum absolute atomic E-state index is 0.00497. The summed E-state index contributed by atoms with van der Waals surface area (Å²) in [7, 11) is 0. The number of nitrogens with one attached hydrogen (secondary N) is 4. The molecule has 0 radical (unpaired) electrons. The first-order valence-corrected chi connectivity index (χ1v) is 12.0. The maximum absolute atomic E-state index is 13.3. The van der Waals surface area contributed by atoms with Crippen LogP contribution in [0.1, 0.15) is 37.4 Å². The Labute approximate surface area is 214 Å². The molecule has 10 N–H and O–H groups in total. The summed E-state index contributed by atoms with van der Waals surface area (Å²) in [5, 5.41) is 26.8.